The van der Waals surface area contributed by atoms with Crippen LogP contribution in [-0.2, 0) is 0 Å². The molecule has 0 bridgehead atoms. The molecule has 2 rings (SSSR count). The van der Waals surface area contributed by atoms with Gasteiger partial charge in [0.15, 0.2) is 0 Å². The van der Waals surface area contributed by atoms with E-state index in [0.29, 0.717) is 11.2 Å². The predicted molar refractivity (Wildman–Crippen MR) is 60.9 cm³/mol. The molecular weight excluding hydrogens is 212 g/mol. The van der Waals surface area contributed by atoms with E-state index in [1.165, 1.54) is 19.2 Å². The summed E-state index contributed by atoms with van der Waals surface area (Å²) in [4.78, 5) is 7.94. The molecule has 0 aromatic carbocycles. The van der Waals surface area contributed by atoms with Gasteiger partial charge in [-0.05, 0) is 12.8 Å². The van der Waals surface area contributed by atoms with E-state index >= 15 is 0 Å². The van der Waals surface area contributed by atoms with E-state index in [4.69, 9.17) is 17.3 Å². The van der Waals surface area contributed by atoms with Gasteiger partial charge in [-0.15, -0.1) is 0 Å². The fourth-order valence-corrected chi connectivity index (χ4v) is 2.09. The van der Waals surface area contributed by atoms with Gasteiger partial charge >= 0.3 is 0 Å². The number of aromatic nitrogens is 2. The van der Waals surface area contributed by atoms with Gasteiger partial charge in [-0.1, -0.05) is 24.4 Å². The maximum absolute atomic E-state index is 6.03. The Balaban J connectivity index is 2.01. The van der Waals surface area contributed by atoms with E-state index in [1.807, 2.05) is 0 Å². The Bertz CT molecular complexity index is 331. The second-order valence-electron chi connectivity index (χ2n) is 3.93. The molecule has 1 aliphatic rings. The van der Waals surface area contributed by atoms with Crippen molar-refractivity contribution < 1.29 is 0 Å². The van der Waals surface area contributed by atoms with Crippen LogP contribution in [0.4, 0.5) is 5.82 Å². The van der Waals surface area contributed by atoms with E-state index in [0.717, 1.165) is 18.7 Å². The van der Waals surface area contributed by atoms with Gasteiger partial charge in [0.05, 0.1) is 0 Å². The number of hydrogen-bond donors (Lipinski definition) is 2. The molecule has 2 atom stereocenters. The first-order chi connectivity index (χ1) is 7.25. The number of nitrogens with zero attached hydrogens (tertiary/aromatic N) is 2. The largest absolute Gasteiger partial charge is 0.366 e. The van der Waals surface area contributed by atoms with Crippen LogP contribution in [0.1, 0.15) is 25.7 Å². The number of hydrogen-bond acceptors (Lipinski definition) is 4. The average Bonchev–Trinajstić information content (AvgIpc) is 2.22. The summed E-state index contributed by atoms with van der Waals surface area (Å²) in [5.74, 6) is 0.761. The summed E-state index contributed by atoms with van der Waals surface area (Å²) in [6.45, 7) is 0. The standard InChI is InChI=1S/C10H15ClN4/c11-9-5-10(14-6-13-9)15-8-4-2-1-3-7(8)12/h5-8H,1-4,12H2,(H,13,14,15)/t7-,8+/m1/s1. The molecule has 82 valence electrons. The highest BCUT2D eigenvalue weighted by Gasteiger charge is 2.21. The highest BCUT2D eigenvalue weighted by Crippen LogP contribution is 2.20. The van der Waals surface area contributed by atoms with E-state index in [1.54, 1.807) is 6.07 Å². The van der Waals surface area contributed by atoms with Crippen molar-refractivity contribution in [3.05, 3.63) is 17.5 Å². The molecule has 3 N–H and O–H groups in total. The number of nitrogens with two attached hydrogens (primary N) is 1. The van der Waals surface area contributed by atoms with Gasteiger partial charge in [0, 0.05) is 18.2 Å². The minimum atomic E-state index is 0.215. The molecule has 0 saturated heterocycles. The number of nitrogens with one attached hydrogen (secondary N) is 1. The molecule has 0 amide bonds. The molecule has 5 heteroatoms. The zero-order valence-corrected chi connectivity index (χ0v) is 9.24. The molecule has 0 spiro atoms. The van der Waals surface area contributed by atoms with Crippen molar-refractivity contribution in [2.45, 2.75) is 37.8 Å². The van der Waals surface area contributed by atoms with Crippen molar-refractivity contribution >= 4 is 17.4 Å². The number of anilines is 1. The Hall–Kier alpha value is -0.870. The van der Waals surface area contributed by atoms with Gasteiger partial charge in [0.25, 0.3) is 0 Å². The molecule has 0 aliphatic heterocycles. The van der Waals surface area contributed by atoms with Crippen molar-refractivity contribution in [3.8, 4) is 0 Å². The molecule has 1 aromatic heterocycles. The molecule has 0 radical (unpaired) electrons. The lowest BCUT2D eigenvalue weighted by Crippen LogP contribution is -2.42. The molecule has 4 nitrogen and oxygen atoms in total. The summed E-state index contributed by atoms with van der Waals surface area (Å²) in [6.07, 6.45) is 6.09. The Morgan fingerprint density at radius 2 is 2.13 bits per heavy atom. The fraction of sp³-hybridized carbons (Fsp3) is 0.600. The van der Waals surface area contributed by atoms with E-state index < -0.39 is 0 Å². The smallest absolute Gasteiger partial charge is 0.134 e. The number of rotatable bonds is 2. The summed E-state index contributed by atoms with van der Waals surface area (Å²) < 4.78 is 0. The summed E-state index contributed by atoms with van der Waals surface area (Å²) in [6, 6.07) is 2.25. The zero-order chi connectivity index (χ0) is 10.7. The highest BCUT2D eigenvalue weighted by molar-refractivity contribution is 6.29. The van der Waals surface area contributed by atoms with E-state index in [9.17, 15) is 0 Å². The maximum atomic E-state index is 6.03. The summed E-state index contributed by atoms with van der Waals surface area (Å²) >= 11 is 5.78. The third kappa shape index (κ3) is 2.79. The quantitative estimate of drug-likeness (QED) is 0.755. The fourth-order valence-electron chi connectivity index (χ4n) is 1.94. The molecule has 1 fully saturated rings. The van der Waals surface area contributed by atoms with Crippen LogP contribution in [0.5, 0.6) is 0 Å². The highest BCUT2D eigenvalue weighted by atomic mass is 35.5. The van der Waals surface area contributed by atoms with Crippen molar-refractivity contribution in [2.24, 2.45) is 5.73 Å². The second kappa shape index (κ2) is 4.77. The Morgan fingerprint density at radius 1 is 1.33 bits per heavy atom. The lowest BCUT2D eigenvalue weighted by molar-refractivity contribution is 0.403. The van der Waals surface area contributed by atoms with Crippen LogP contribution in [0, 0.1) is 0 Å². The Labute approximate surface area is 94.2 Å². The topological polar surface area (TPSA) is 63.8 Å². The summed E-state index contributed by atoms with van der Waals surface area (Å²) in [5, 5.41) is 3.77. The van der Waals surface area contributed by atoms with Crippen LogP contribution < -0.4 is 11.1 Å². The van der Waals surface area contributed by atoms with Crippen LogP contribution >= 0.6 is 11.6 Å². The lowest BCUT2D eigenvalue weighted by atomic mass is 9.91. The van der Waals surface area contributed by atoms with Crippen LogP contribution in [0.3, 0.4) is 0 Å². The van der Waals surface area contributed by atoms with Gasteiger partial charge in [0.2, 0.25) is 0 Å². The first kappa shape index (κ1) is 10.6. The van der Waals surface area contributed by atoms with Crippen molar-refractivity contribution in [3.63, 3.8) is 0 Å². The van der Waals surface area contributed by atoms with Crippen LogP contribution in [0.25, 0.3) is 0 Å². The normalized spacial score (nSPS) is 26.3. The number of halogens is 1. The third-order valence-electron chi connectivity index (χ3n) is 2.79. The van der Waals surface area contributed by atoms with Crippen molar-refractivity contribution in [1.82, 2.24) is 9.97 Å². The van der Waals surface area contributed by atoms with Crippen LogP contribution in [0.2, 0.25) is 5.15 Å². The maximum Gasteiger partial charge on any atom is 0.134 e. The molecule has 1 heterocycles. The SMILES string of the molecule is N[C@@H]1CCCC[C@@H]1Nc1cc(Cl)ncn1. The first-order valence-corrected chi connectivity index (χ1v) is 5.63. The molecule has 15 heavy (non-hydrogen) atoms. The first-order valence-electron chi connectivity index (χ1n) is 5.25. The summed E-state index contributed by atoms with van der Waals surface area (Å²) in [5.41, 5.74) is 6.03. The molecule has 1 saturated carbocycles. The van der Waals surface area contributed by atoms with Gasteiger partial charge < -0.3 is 11.1 Å². The van der Waals surface area contributed by atoms with Gasteiger partial charge in [-0.2, -0.15) is 0 Å². The lowest BCUT2D eigenvalue weighted by Gasteiger charge is -2.29. The molecular formula is C10H15ClN4. The molecule has 1 aliphatic carbocycles. The van der Waals surface area contributed by atoms with Crippen LogP contribution in [0.15, 0.2) is 12.4 Å². The second-order valence-corrected chi connectivity index (χ2v) is 4.31. The summed E-state index contributed by atoms with van der Waals surface area (Å²) in [7, 11) is 0. The van der Waals surface area contributed by atoms with Crippen LogP contribution in [-0.4, -0.2) is 22.1 Å². The third-order valence-corrected chi connectivity index (χ3v) is 2.99. The minimum Gasteiger partial charge on any atom is -0.366 e. The van der Waals surface area contributed by atoms with E-state index in [2.05, 4.69) is 15.3 Å². The Morgan fingerprint density at radius 3 is 2.87 bits per heavy atom. The van der Waals surface area contributed by atoms with Gasteiger partial charge in [-0.3, -0.25) is 0 Å². The zero-order valence-electron chi connectivity index (χ0n) is 8.49. The molecule has 1 aromatic rings. The Kier molecular flexibility index (Phi) is 3.38. The predicted octanol–water partition coefficient (Wildman–Crippen LogP) is 1.81. The van der Waals surface area contributed by atoms with Gasteiger partial charge in [0.1, 0.15) is 17.3 Å². The molecule has 0 unspecified atom stereocenters. The van der Waals surface area contributed by atoms with Crippen molar-refractivity contribution in [2.75, 3.05) is 5.32 Å². The minimum absolute atomic E-state index is 0.215. The average molecular weight is 227 g/mol. The monoisotopic (exact) mass is 226 g/mol. The van der Waals surface area contributed by atoms with E-state index in [-0.39, 0.29) is 6.04 Å². The van der Waals surface area contributed by atoms with Gasteiger partial charge in [-0.25, -0.2) is 9.97 Å². The van der Waals surface area contributed by atoms with Crippen molar-refractivity contribution in [1.29, 1.82) is 0 Å².